The molecule has 1 aromatic carbocycles. The van der Waals surface area contributed by atoms with E-state index in [-0.39, 0.29) is 23.4 Å². The predicted molar refractivity (Wildman–Crippen MR) is 108 cm³/mol. The van der Waals surface area contributed by atoms with Gasteiger partial charge in [-0.05, 0) is 38.1 Å². The van der Waals surface area contributed by atoms with E-state index < -0.39 is 6.61 Å². The summed E-state index contributed by atoms with van der Waals surface area (Å²) in [6.07, 6.45) is 3.48. The van der Waals surface area contributed by atoms with Crippen molar-refractivity contribution in [1.82, 2.24) is 25.2 Å². The molecule has 0 saturated carbocycles. The first kappa shape index (κ1) is 20.5. The number of carbonyl (C=O) groups is 1. The van der Waals surface area contributed by atoms with Crippen molar-refractivity contribution in [3.8, 4) is 17.0 Å². The van der Waals surface area contributed by atoms with Gasteiger partial charge in [0.1, 0.15) is 5.75 Å². The van der Waals surface area contributed by atoms with Crippen LogP contribution < -0.4 is 10.1 Å². The highest BCUT2D eigenvalue weighted by atomic mass is 19.3. The van der Waals surface area contributed by atoms with Gasteiger partial charge in [0.15, 0.2) is 0 Å². The lowest BCUT2D eigenvalue weighted by molar-refractivity contribution is -0.0498. The van der Waals surface area contributed by atoms with Crippen molar-refractivity contribution in [1.29, 1.82) is 0 Å². The normalized spacial score (nSPS) is 12.3. The number of hydrogen-bond acceptors (Lipinski definition) is 6. The minimum Gasteiger partial charge on any atom is -0.435 e. The number of rotatable bonds is 7. The lowest BCUT2D eigenvalue weighted by Crippen LogP contribution is -2.36. The molecule has 3 heterocycles. The number of aryl methyl sites for hydroxylation is 1. The van der Waals surface area contributed by atoms with E-state index in [1.54, 1.807) is 42.1 Å². The SMILES string of the molecule is Cc1noc2nc(-c3cccc(OC(F)F)c3)cc(C(=O)NC(C)Cn3cccn3)c12. The number of fused-ring (bicyclic) bond motifs is 1. The molecule has 0 spiro atoms. The Hall–Kier alpha value is -3.82. The minimum absolute atomic E-state index is 0.0120. The highest BCUT2D eigenvalue weighted by molar-refractivity contribution is 6.07. The first-order chi connectivity index (χ1) is 14.9. The van der Waals surface area contributed by atoms with Crippen LogP contribution in [-0.4, -0.2) is 38.5 Å². The summed E-state index contributed by atoms with van der Waals surface area (Å²) in [5.41, 5.74) is 1.89. The molecule has 4 aromatic rings. The van der Waals surface area contributed by atoms with Crippen LogP contribution in [0.2, 0.25) is 0 Å². The molecule has 8 nitrogen and oxygen atoms in total. The number of pyridine rings is 1. The van der Waals surface area contributed by atoms with Gasteiger partial charge in [-0.1, -0.05) is 17.3 Å². The van der Waals surface area contributed by atoms with Crippen LogP contribution in [0.4, 0.5) is 8.78 Å². The van der Waals surface area contributed by atoms with Gasteiger partial charge in [-0.25, -0.2) is 4.98 Å². The molecule has 0 aliphatic carbocycles. The zero-order chi connectivity index (χ0) is 22.0. The van der Waals surface area contributed by atoms with E-state index in [2.05, 4.69) is 25.3 Å². The van der Waals surface area contributed by atoms with Crippen LogP contribution in [0.1, 0.15) is 23.0 Å². The standard InChI is InChI=1S/C21H19F2N5O3/c1-12(11-28-8-4-7-24-28)25-19(29)16-10-17(26-20-18(16)13(2)27-31-20)14-5-3-6-15(9-14)30-21(22)23/h3-10,12,21H,11H2,1-2H3,(H,25,29). The topological polar surface area (TPSA) is 95.1 Å². The summed E-state index contributed by atoms with van der Waals surface area (Å²) < 4.78 is 36.6. The highest BCUT2D eigenvalue weighted by Crippen LogP contribution is 2.29. The lowest BCUT2D eigenvalue weighted by atomic mass is 10.0. The van der Waals surface area contributed by atoms with Gasteiger partial charge in [-0.15, -0.1) is 0 Å². The number of halogens is 2. The molecule has 1 atom stereocenters. The number of carbonyl (C=O) groups excluding carboxylic acids is 1. The average Bonchev–Trinajstić information content (AvgIpc) is 3.37. The molecule has 1 N–H and O–H groups in total. The third-order valence-corrected chi connectivity index (χ3v) is 4.61. The number of hydrogen-bond donors (Lipinski definition) is 1. The van der Waals surface area contributed by atoms with Crippen LogP contribution in [0, 0.1) is 6.92 Å². The third-order valence-electron chi connectivity index (χ3n) is 4.61. The Morgan fingerprint density at radius 1 is 1.29 bits per heavy atom. The van der Waals surface area contributed by atoms with Crippen molar-refractivity contribution in [3.05, 3.63) is 60.0 Å². The van der Waals surface area contributed by atoms with Crippen molar-refractivity contribution < 1.29 is 22.8 Å². The second-order valence-electron chi connectivity index (χ2n) is 7.01. The second-order valence-corrected chi connectivity index (χ2v) is 7.01. The van der Waals surface area contributed by atoms with E-state index in [4.69, 9.17) is 4.52 Å². The summed E-state index contributed by atoms with van der Waals surface area (Å²) in [4.78, 5) is 17.5. The number of nitrogens with zero attached hydrogens (tertiary/aromatic N) is 4. The van der Waals surface area contributed by atoms with Crippen molar-refractivity contribution in [2.75, 3.05) is 0 Å². The Morgan fingerprint density at radius 2 is 2.13 bits per heavy atom. The fourth-order valence-electron chi connectivity index (χ4n) is 3.29. The lowest BCUT2D eigenvalue weighted by Gasteiger charge is -2.15. The predicted octanol–water partition coefficient (Wildman–Crippen LogP) is 3.81. The summed E-state index contributed by atoms with van der Waals surface area (Å²) in [6.45, 7) is 1.13. The number of amides is 1. The molecule has 31 heavy (non-hydrogen) atoms. The molecule has 0 bridgehead atoms. The van der Waals surface area contributed by atoms with Gasteiger partial charge in [0.05, 0.1) is 28.9 Å². The van der Waals surface area contributed by atoms with Crippen LogP contribution in [0.3, 0.4) is 0 Å². The molecule has 160 valence electrons. The molecule has 10 heteroatoms. The van der Waals surface area contributed by atoms with E-state index in [0.29, 0.717) is 34.4 Å². The zero-order valence-corrected chi connectivity index (χ0v) is 16.8. The van der Waals surface area contributed by atoms with Gasteiger partial charge in [-0.3, -0.25) is 9.48 Å². The second kappa shape index (κ2) is 8.50. The van der Waals surface area contributed by atoms with Gasteiger partial charge in [0.25, 0.3) is 11.6 Å². The Kier molecular flexibility index (Phi) is 5.61. The van der Waals surface area contributed by atoms with Crippen molar-refractivity contribution in [2.24, 2.45) is 0 Å². The zero-order valence-electron chi connectivity index (χ0n) is 16.8. The molecule has 0 aliphatic heterocycles. The molecular formula is C21H19F2N5O3. The molecular weight excluding hydrogens is 408 g/mol. The fourth-order valence-corrected chi connectivity index (χ4v) is 3.29. The van der Waals surface area contributed by atoms with Gasteiger partial charge >= 0.3 is 6.61 Å². The molecule has 0 radical (unpaired) electrons. The molecule has 3 aromatic heterocycles. The number of ether oxygens (including phenoxy) is 1. The maximum atomic E-state index is 13.1. The van der Waals surface area contributed by atoms with Gasteiger partial charge < -0.3 is 14.6 Å². The number of nitrogens with one attached hydrogen (secondary N) is 1. The van der Waals surface area contributed by atoms with Gasteiger partial charge in [0.2, 0.25) is 0 Å². The summed E-state index contributed by atoms with van der Waals surface area (Å²) in [7, 11) is 0. The monoisotopic (exact) mass is 427 g/mol. The summed E-state index contributed by atoms with van der Waals surface area (Å²) in [5.74, 6) is -0.346. The van der Waals surface area contributed by atoms with E-state index in [9.17, 15) is 13.6 Å². The summed E-state index contributed by atoms with van der Waals surface area (Å²) in [5, 5.41) is 11.5. The average molecular weight is 427 g/mol. The Balaban J connectivity index is 1.68. The summed E-state index contributed by atoms with van der Waals surface area (Å²) in [6, 6.07) is 9.27. The molecule has 0 saturated heterocycles. The Labute approximate surface area is 175 Å². The Morgan fingerprint density at radius 3 is 2.87 bits per heavy atom. The van der Waals surface area contributed by atoms with Crippen molar-refractivity contribution in [3.63, 3.8) is 0 Å². The maximum absolute atomic E-state index is 13.1. The van der Waals surface area contributed by atoms with Crippen LogP contribution in [-0.2, 0) is 6.54 Å². The largest absolute Gasteiger partial charge is 0.435 e. The number of benzene rings is 1. The molecule has 1 amide bonds. The van der Waals surface area contributed by atoms with Crippen LogP contribution in [0.15, 0.2) is 53.3 Å². The Bertz CT molecular complexity index is 1210. The van der Waals surface area contributed by atoms with Crippen LogP contribution in [0.5, 0.6) is 5.75 Å². The van der Waals surface area contributed by atoms with E-state index in [1.807, 2.05) is 13.1 Å². The molecule has 0 aliphatic rings. The van der Waals surface area contributed by atoms with E-state index in [1.165, 1.54) is 12.1 Å². The number of aromatic nitrogens is 4. The van der Waals surface area contributed by atoms with E-state index >= 15 is 0 Å². The summed E-state index contributed by atoms with van der Waals surface area (Å²) >= 11 is 0. The first-order valence-electron chi connectivity index (χ1n) is 9.51. The van der Waals surface area contributed by atoms with Crippen molar-refractivity contribution >= 4 is 17.0 Å². The quantitative estimate of drug-likeness (QED) is 0.482. The minimum atomic E-state index is -2.94. The van der Waals surface area contributed by atoms with Crippen LogP contribution in [0.25, 0.3) is 22.4 Å². The smallest absolute Gasteiger partial charge is 0.387 e. The fraction of sp³-hybridized carbons (Fsp3) is 0.238. The maximum Gasteiger partial charge on any atom is 0.387 e. The third kappa shape index (κ3) is 4.52. The van der Waals surface area contributed by atoms with E-state index in [0.717, 1.165) is 0 Å². The first-order valence-corrected chi connectivity index (χ1v) is 9.51. The van der Waals surface area contributed by atoms with Crippen molar-refractivity contribution in [2.45, 2.75) is 33.0 Å². The highest BCUT2D eigenvalue weighted by Gasteiger charge is 2.21. The van der Waals surface area contributed by atoms with Crippen LogP contribution >= 0.6 is 0 Å². The molecule has 4 rings (SSSR count). The van der Waals surface area contributed by atoms with Gasteiger partial charge in [0, 0.05) is 24.0 Å². The number of alkyl halides is 2. The molecule has 1 unspecified atom stereocenters. The molecule has 0 fully saturated rings. The van der Waals surface area contributed by atoms with Gasteiger partial charge in [-0.2, -0.15) is 13.9 Å².